The molecule has 0 radical (unpaired) electrons. The minimum Gasteiger partial charge on any atom is -0.201 e. The van der Waals surface area contributed by atoms with E-state index in [0.29, 0.717) is 6.92 Å². The lowest BCUT2D eigenvalue weighted by atomic mass is 10.3. The Morgan fingerprint density at radius 2 is 1.20 bits per heavy atom. The second-order valence-electron chi connectivity index (χ2n) is 1.46. The van der Waals surface area contributed by atoms with Gasteiger partial charge in [-0.3, -0.25) is 0 Å². The highest BCUT2D eigenvalue weighted by Gasteiger charge is 2.11. The van der Waals surface area contributed by atoms with Crippen LogP contribution in [-0.2, 0) is 0 Å². The Balaban J connectivity index is 4.71. The maximum absolute atomic E-state index is 11.8. The van der Waals surface area contributed by atoms with E-state index in [2.05, 4.69) is 0 Å². The van der Waals surface area contributed by atoms with Gasteiger partial charge in [-0.2, -0.15) is 17.6 Å². The van der Waals surface area contributed by atoms with E-state index in [-0.39, 0.29) is 0 Å². The third-order valence-corrected chi connectivity index (χ3v) is 0.779. The molecule has 0 aromatic heterocycles. The van der Waals surface area contributed by atoms with E-state index >= 15 is 0 Å². The fourth-order valence-electron chi connectivity index (χ4n) is 0.225. The van der Waals surface area contributed by atoms with E-state index in [1.165, 1.54) is 0 Å². The molecule has 0 rings (SSSR count). The van der Waals surface area contributed by atoms with Crippen LogP contribution in [0.5, 0.6) is 0 Å². The Bertz CT molecular complexity index is 160. The number of allylic oxidation sites excluding steroid dienone is 2. The Labute approximate surface area is 53.6 Å². The summed E-state index contributed by atoms with van der Waals surface area (Å²) in [5.74, 6) is -2.15. The molecule has 0 aromatic rings. The van der Waals surface area contributed by atoms with Crippen LogP contribution < -0.4 is 0 Å². The summed E-state index contributed by atoms with van der Waals surface area (Å²) in [5, 5.41) is 0. The average molecular weight is 158 g/mol. The van der Waals surface area contributed by atoms with Crippen LogP contribution >= 0.6 is 0 Å². The summed E-state index contributed by atoms with van der Waals surface area (Å²) in [5.41, 5.74) is -1.32. The molecule has 0 unspecified atom stereocenters. The van der Waals surface area contributed by atoms with Crippen molar-refractivity contribution in [3.63, 3.8) is 0 Å². The molecule has 0 aliphatic rings. The number of halogens is 5. The Kier molecular flexibility index (Phi) is 3.05. The van der Waals surface area contributed by atoms with E-state index in [0.717, 1.165) is 0 Å². The number of hydrogen-bond acceptors (Lipinski definition) is 0. The summed E-state index contributed by atoms with van der Waals surface area (Å²) in [4.78, 5) is 0. The molecule has 0 saturated heterocycles. The predicted octanol–water partition coefficient (Wildman–Crippen LogP) is 3.23. The lowest BCUT2D eigenvalue weighted by molar-refractivity contribution is 0.369. The summed E-state index contributed by atoms with van der Waals surface area (Å²) in [7, 11) is 0. The monoisotopic (exact) mass is 158 g/mol. The molecule has 0 bridgehead atoms. The SMILES string of the molecule is CC(=C(F)F)C(F)=C(F)F. The maximum Gasteiger partial charge on any atom is 0.306 e. The van der Waals surface area contributed by atoms with E-state index < -0.39 is 23.6 Å². The minimum atomic E-state index is -2.73. The van der Waals surface area contributed by atoms with Gasteiger partial charge in [0.1, 0.15) is 0 Å². The van der Waals surface area contributed by atoms with Crippen molar-refractivity contribution >= 4 is 0 Å². The molecule has 0 amide bonds. The molecule has 0 aliphatic heterocycles. The zero-order chi connectivity index (χ0) is 8.31. The van der Waals surface area contributed by atoms with Crippen LogP contribution in [0.1, 0.15) is 6.92 Å². The Morgan fingerprint density at radius 1 is 0.800 bits per heavy atom. The summed E-state index contributed by atoms with van der Waals surface area (Å²) in [6, 6.07) is 0. The average Bonchev–Trinajstić information content (AvgIpc) is 1.84. The molecule has 0 fully saturated rings. The molecule has 0 heterocycles. The van der Waals surface area contributed by atoms with Crippen LogP contribution in [0, 0.1) is 0 Å². The van der Waals surface area contributed by atoms with Crippen LogP contribution in [-0.4, -0.2) is 0 Å². The predicted molar refractivity (Wildman–Crippen MR) is 25.3 cm³/mol. The standard InChI is InChI=1S/C5H3F5/c1-2(4(7)8)3(6)5(9)10/h1H3. The highest BCUT2D eigenvalue weighted by molar-refractivity contribution is 5.23. The third-order valence-electron chi connectivity index (χ3n) is 0.779. The molecule has 0 nitrogen and oxygen atoms in total. The first-order valence-corrected chi connectivity index (χ1v) is 2.19. The van der Waals surface area contributed by atoms with Gasteiger partial charge in [0, 0.05) is 0 Å². The lowest BCUT2D eigenvalue weighted by Gasteiger charge is -1.91. The second-order valence-corrected chi connectivity index (χ2v) is 1.46. The van der Waals surface area contributed by atoms with Crippen molar-refractivity contribution < 1.29 is 22.0 Å². The van der Waals surface area contributed by atoms with Crippen molar-refractivity contribution in [3.05, 3.63) is 23.6 Å². The van der Waals surface area contributed by atoms with Crippen molar-refractivity contribution in [3.8, 4) is 0 Å². The molecule has 58 valence electrons. The van der Waals surface area contributed by atoms with Gasteiger partial charge in [-0.15, -0.1) is 0 Å². The van der Waals surface area contributed by atoms with Gasteiger partial charge in [0.2, 0.25) is 0 Å². The highest BCUT2D eigenvalue weighted by Crippen LogP contribution is 2.22. The van der Waals surface area contributed by atoms with Crippen molar-refractivity contribution in [2.24, 2.45) is 0 Å². The van der Waals surface area contributed by atoms with Crippen molar-refractivity contribution in [1.82, 2.24) is 0 Å². The van der Waals surface area contributed by atoms with E-state index in [1.807, 2.05) is 0 Å². The molecule has 5 heteroatoms. The summed E-state index contributed by atoms with van der Waals surface area (Å²) < 4.78 is 56.7. The highest BCUT2D eigenvalue weighted by atomic mass is 19.3. The van der Waals surface area contributed by atoms with E-state index in [4.69, 9.17) is 0 Å². The number of hydrogen-bond donors (Lipinski definition) is 0. The zero-order valence-corrected chi connectivity index (χ0v) is 4.89. The maximum atomic E-state index is 11.8. The van der Waals surface area contributed by atoms with Gasteiger partial charge in [0.05, 0.1) is 5.57 Å². The van der Waals surface area contributed by atoms with Gasteiger partial charge < -0.3 is 0 Å². The first kappa shape index (κ1) is 9.13. The minimum absolute atomic E-state index is 0.573. The third kappa shape index (κ3) is 2.16. The summed E-state index contributed by atoms with van der Waals surface area (Å²) in [6.45, 7) is 0.573. The molecule has 0 aromatic carbocycles. The lowest BCUT2D eigenvalue weighted by Crippen LogP contribution is -1.80. The van der Waals surface area contributed by atoms with E-state index in [1.54, 1.807) is 0 Å². The fraction of sp³-hybridized carbons (Fsp3) is 0.200. The molecule has 0 aliphatic carbocycles. The van der Waals surface area contributed by atoms with Crippen LogP contribution in [0.2, 0.25) is 0 Å². The van der Waals surface area contributed by atoms with Crippen LogP contribution in [0.25, 0.3) is 0 Å². The molecule has 0 N–H and O–H groups in total. The quantitative estimate of drug-likeness (QED) is 0.406. The molecule has 10 heavy (non-hydrogen) atoms. The van der Waals surface area contributed by atoms with Gasteiger partial charge in [-0.25, -0.2) is 4.39 Å². The largest absolute Gasteiger partial charge is 0.306 e. The van der Waals surface area contributed by atoms with Crippen LogP contribution in [0.4, 0.5) is 22.0 Å². The topological polar surface area (TPSA) is 0 Å². The van der Waals surface area contributed by atoms with Gasteiger partial charge >= 0.3 is 6.08 Å². The zero-order valence-electron chi connectivity index (χ0n) is 4.89. The molecule has 0 saturated carbocycles. The summed E-state index contributed by atoms with van der Waals surface area (Å²) in [6.07, 6.45) is -5.17. The normalized spacial score (nSPS) is 9.00. The van der Waals surface area contributed by atoms with Gasteiger partial charge in [0.15, 0.2) is 5.83 Å². The second kappa shape index (κ2) is 3.34. The smallest absolute Gasteiger partial charge is 0.201 e. The summed E-state index contributed by atoms with van der Waals surface area (Å²) >= 11 is 0. The van der Waals surface area contributed by atoms with Gasteiger partial charge in [-0.1, -0.05) is 0 Å². The first-order chi connectivity index (χ1) is 4.46. The van der Waals surface area contributed by atoms with Crippen LogP contribution in [0.3, 0.4) is 0 Å². The molecular weight excluding hydrogens is 155 g/mol. The van der Waals surface area contributed by atoms with Crippen molar-refractivity contribution in [1.29, 1.82) is 0 Å². The first-order valence-electron chi connectivity index (χ1n) is 2.19. The van der Waals surface area contributed by atoms with Gasteiger partial charge in [-0.05, 0) is 6.92 Å². The Hall–Kier alpha value is -0.870. The van der Waals surface area contributed by atoms with E-state index in [9.17, 15) is 22.0 Å². The number of rotatable bonds is 1. The molecule has 0 atom stereocenters. The Morgan fingerprint density at radius 3 is 1.30 bits per heavy atom. The van der Waals surface area contributed by atoms with Gasteiger partial charge in [0.25, 0.3) is 6.08 Å². The fourth-order valence-corrected chi connectivity index (χ4v) is 0.225. The van der Waals surface area contributed by atoms with Crippen LogP contribution in [0.15, 0.2) is 23.6 Å². The molecule has 0 spiro atoms. The van der Waals surface area contributed by atoms with Crippen molar-refractivity contribution in [2.75, 3.05) is 0 Å². The van der Waals surface area contributed by atoms with Crippen molar-refractivity contribution in [2.45, 2.75) is 6.92 Å². The molecular formula is C5H3F5.